The van der Waals surface area contributed by atoms with Gasteiger partial charge in [0.1, 0.15) is 6.04 Å². The van der Waals surface area contributed by atoms with Crippen molar-refractivity contribution in [1.82, 2.24) is 10.6 Å². The second kappa shape index (κ2) is 10.8. The van der Waals surface area contributed by atoms with Gasteiger partial charge < -0.3 is 16.0 Å². The number of rotatable bonds is 10. The van der Waals surface area contributed by atoms with E-state index in [-0.39, 0.29) is 30.9 Å². The van der Waals surface area contributed by atoms with Crippen molar-refractivity contribution in [2.75, 3.05) is 19.6 Å². The van der Waals surface area contributed by atoms with Gasteiger partial charge in [0.15, 0.2) is 6.54 Å². The first-order chi connectivity index (χ1) is 13.0. The summed E-state index contributed by atoms with van der Waals surface area (Å²) in [5.74, 6) is 0.239. The van der Waals surface area contributed by atoms with E-state index in [1.807, 2.05) is 18.3 Å². The van der Waals surface area contributed by atoms with Crippen molar-refractivity contribution >= 4 is 23.2 Å². The van der Waals surface area contributed by atoms with E-state index in [9.17, 15) is 9.59 Å². The minimum atomic E-state index is -0.165. The van der Waals surface area contributed by atoms with E-state index in [2.05, 4.69) is 60.2 Å². The molecule has 0 spiro atoms. The Morgan fingerprint density at radius 2 is 1.74 bits per heavy atom. The summed E-state index contributed by atoms with van der Waals surface area (Å²) in [6, 6.07) is 12.9. The van der Waals surface area contributed by atoms with E-state index in [0.717, 1.165) is 6.42 Å². The van der Waals surface area contributed by atoms with Gasteiger partial charge >= 0.3 is 0 Å². The van der Waals surface area contributed by atoms with Crippen LogP contribution in [-0.2, 0) is 9.59 Å². The molecule has 0 fully saturated rings. The summed E-state index contributed by atoms with van der Waals surface area (Å²) in [6.07, 6.45) is 1.12. The van der Waals surface area contributed by atoms with E-state index in [1.54, 1.807) is 11.3 Å². The monoisotopic (exact) mass is 388 g/mol. The molecule has 0 aliphatic rings. The Kier molecular flexibility index (Phi) is 8.48. The molecule has 4 N–H and O–H groups in total. The first-order valence-corrected chi connectivity index (χ1v) is 10.4. The number of hydrogen-bond donors (Lipinski definition) is 3. The van der Waals surface area contributed by atoms with Crippen LogP contribution in [0.3, 0.4) is 0 Å². The lowest BCUT2D eigenvalue weighted by atomic mass is 9.95. The standard InChI is InChI=1S/C21H29N3O2S/c1-4-15(3)16-8-10-17(11-9-16)21(18-7-6-12-27-18)24-14-20(26)23-13-19(25)22-5-2/h6-12,15,21,24H,4-5,13-14H2,1-3H3,(H,22,25)(H,23,26)/p+1/t15-,21+/m0/s1. The van der Waals surface area contributed by atoms with Crippen LogP contribution in [0, 0.1) is 0 Å². The highest BCUT2D eigenvalue weighted by Gasteiger charge is 2.20. The number of nitrogens with one attached hydrogen (secondary N) is 2. The summed E-state index contributed by atoms with van der Waals surface area (Å²) in [5.41, 5.74) is 2.52. The highest BCUT2D eigenvalue weighted by molar-refractivity contribution is 7.10. The van der Waals surface area contributed by atoms with E-state index in [0.29, 0.717) is 12.5 Å². The van der Waals surface area contributed by atoms with Gasteiger partial charge in [-0.25, -0.2) is 0 Å². The molecule has 1 heterocycles. The Morgan fingerprint density at radius 3 is 2.33 bits per heavy atom. The third-order valence-electron chi connectivity index (χ3n) is 4.69. The van der Waals surface area contributed by atoms with Crippen LogP contribution >= 0.6 is 11.3 Å². The summed E-state index contributed by atoms with van der Waals surface area (Å²) < 4.78 is 0. The molecule has 0 bridgehead atoms. The molecule has 0 saturated heterocycles. The molecule has 6 heteroatoms. The Balaban J connectivity index is 2.01. The molecular weight excluding hydrogens is 358 g/mol. The van der Waals surface area contributed by atoms with Gasteiger partial charge in [-0.05, 0) is 36.3 Å². The van der Waals surface area contributed by atoms with Crippen molar-refractivity contribution in [3.05, 3.63) is 57.8 Å². The molecule has 5 nitrogen and oxygen atoms in total. The fourth-order valence-electron chi connectivity index (χ4n) is 2.89. The number of likely N-dealkylation sites (N-methyl/N-ethyl adjacent to an activating group) is 1. The Bertz CT molecular complexity index is 714. The maximum atomic E-state index is 12.1. The molecule has 0 unspecified atom stereocenters. The topological polar surface area (TPSA) is 74.8 Å². The summed E-state index contributed by atoms with van der Waals surface area (Å²) in [7, 11) is 0. The molecular formula is C21H30N3O2S+. The van der Waals surface area contributed by atoms with Gasteiger partial charge in [-0.1, -0.05) is 44.2 Å². The maximum Gasteiger partial charge on any atom is 0.275 e. The highest BCUT2D eigenvalue weighted by Crippen LogP contribution is 2.25. The number of hydrogen-bond acceptors (Lipinski definition) is 3. The van der Waals surface area contributed by atoms with Gasteiger partial charge in [0.05, 0.1) is 11.4 Å². The predicted octanol–water partition coefficient (Wildman–Crippen LogP) is 2.17. The second-order valence-corrected chi connectivity index (χ2v) is 7.62. The number of carbonyl (C=O) groups excluding carboxylic acids is 2. The highest BCUT2D eigenvalue weighted by atomic mass is 32.1. The third kappa shape index (κ3) is 6.48. The predicted molar refractivity (Wildman–Crippen MR) is 110 cm³/mol. The smallest absolute Gasteiger partial charge is 0.275 e. The minimum absolute atomic E-state index is 0.0216. The van der Waals surface area contributed by atoms with Crippen LogP contribution in [0.15, 0.2) is 41.8 Å². The number of carbonyl (C=O) groups is 2. The summed E-state index contributed by atoms with van der Waals surface area (Å²) in [4.78, 5) is 24.8. The first-order valence-electron chi connectivity index (χ1n) is 9.55. The fourth-order valence-corrected chi connectivity index (χ4v) is 3.74. The zero-order chi connectivity index (χ0) is 19.6. The van der Waals surface area contributed by atoms with Gasteiger partial charge in [0, 0.05) is 12.1 Å². The number of amides is 2. The number of quaternary nitrogens is 1. The van der Waals surface area contributed by atoms with Crippen molar-refractivity contribution in [2.24, 2.45) is 0 Å². The van der Waals surface area contributed by atoms with Crippen molar-refractivity contribution in [2.45, 2.75) is 39.2 Å². The molecule has 0 radical (unpaired) electrons. The van der Waals surface area contributed by atoms with E-state index in [4.69, 9.17) is 0 Å². The average Bonchev–Trinajstić information content (AvgIpc) is 3.21. The molecule has 146 valence electrons. The molecule has 2 rings (SSSR count). The summed E-state index contributed by atoms with van der Waals surface area (Å²) in [5, 5.41) is 9.42. The summed E-state index contributed by atoms with van der Waals surface area (Å²) in [6.45, 7) is 7.14. The second-order valence-electron chi connectivity index (χ2n) is 6.64. The molecule has 2 amide bonds. The Labute approximate surface area is 165 Å². The van der Waals surface area contributed by atoms with Crippen LogP contribution < -0.4 is 16.0 Å². The maximum absolute atomic E-state index is 12.1. The van der Waals surface area contributed by atoms with Crippen LogP contribution in [0.5, 0.6) is 0 Å². The SMILES string of the molecule is CCNC(=O)CNC(=O)C[NH2+][C@H](c1ccc([C@@H](C)CC)cc1)c1cccs1. The van der Waals surface area contributed by atoms with Crippen molar-refractivity contribution in [1.29, 1.82) is 0 Å². The summed E-state index contributed by atoms with van der Waals surface area (Å²) >= 11 is 1.69. The lowest BCUT2D eigenvalue weighted by Crippen LogP contribution is -2.87. The van der Waals surface area contributed by atoms with Gasteiger partial charge in [-0.3, -0.25) is 9.59 Å². The number of benzene rings is 1. The normalized spacial score (nSPS) is 13.0. The van der Waals surface area contributed by atoms with E-state index >= 15 is 0 Å². The average molecular weight is 389 g/mol. The van der Waals surface area contributed by atoms with Crippen molar-refractivity contribution in [3.63, 3.8) is 0 Å². The van der Waals surface area contributed by atoms with Gasteiger partial charge in [-0.15, -0.1) is 11.3 Å². The lowest BCUT2D eigenvalue weighted by molar-refractivity contribution is -0.676. The largest absolute Gasteiger partial charge is 0.355 e. The molecule has 0 aliphatic heterocycles. The quantitative estimate of drug-likeness (QED) is 0.583. The minimum Gasteiger partial charge on any atom is -0.355 e. The number of thiophene rings is 1. The molecule has 27 heavy (non-hydrogen) atoms. The molecule has 1 aromatic carbocycles. The molecule has 0 saturated carbocycles. The van der Waals surface area contributed by atoms with Crippen LogP contribution in [0.4, 0.5) is 0 Å². The zero-order valence-corrected chi connectivity index (χ0v) is 17.1. The van der Waals surface area contributed by atoms with Gasteiger partial charge in [0.25, 0.3) is 5.91 Å². The van der Waals surface area contributed by atoms with Crippen LogP contribution in [0.25, 0.3) is 0 Å². The van der Waals surface area contributed by atoms with Crippen LogP contribution in [-0.4, -0.2) is 31.4 Å². The Morgan fingerprint density at radius 1 is 1.04 bits per heavy atom. The number of nitrogens with two attached hydrogens (primary N) is 1. The van der Waals surface area contributed by atoms with Crippen molar-refractivity contribution in [3.8, 4) is 0 Å². The molecule has 2 atom stereocenters. The van der Waals surface area contributed by atoms with E-state index < -0.39 is 0 Å². The Hall–Kier alpha value is -2.18. The molecule has 0 aliphatic carbocycles. The third-order valence-corrected chi connectivity index (χ3v) is 5.64. The van der Waals surface area contributed by atoms with Gasteiger partial charge in [0.2, 0.25) is 5.91 Å². The lowest BCUT2D eigenvalue weighted by Gasteiger charge is -2.16. The molecule has 2 aromatic rings. The van der Waals surface area contributed by atoms with Crippen LogP contribution in [0.1, 0.15) is 55.2 Å². The van der Waals surface area contributed by atoms with Crippen molar-refractivity contribution < 1.29 is 14.9 Å². The van der Waals surface area contributed by atoms with E-state index in [1.165, 1.54) is 16.0 Å². The van der Waals surface area contributed by atoms with Crippen LogP contribution in [0.2, 0.25) is 0 Å². The molecule has 1 aromatic heterocycles. The fraction of sp³-hybridized carbons (Fsp3) is 0.429. The first kappa shape index (κ1) is 21.1. The zero-order valence-electron chi connectivity index (χ0n) is 16.3. The van der Waals surface area contributed by atoms with Gasteiger partial charge in [-0.2, -0.15) is 0 Å².